The summed E-state index contributed by atoms with van der Waals surface area (Å²) in [5.41, 5.74) is 4.46. The average Bonchev–Trinajstić information content (AvgIpc) is 3.57. The molecule has 3 aromatic carbocycles. The Labute approximate surface area is 285 Å². The smallest absolute Gasteiger partial charge is 0.328 e. The Morgan fingerprint density at radius 3 is 1.90 bits per heavy atom. The maximum absolute atomic E-state index is 13.6. The molecule has 9 nitrogen and oxygen atoms in total. The first-order chi connectivity index (χ1) is 23.7. The molecule has 1 unspecified atom stereocenters. The van der Waals surface area contributed by atoms with Gasteiger partial charge < -0.3 is 34.2 Å². The van der Waals surface area contributed by atoms with E-state index >= 15 is 0 Å². The second kappa shape index (κ2) is 16.9. The third-order valence-corrected chi connectivity index (χ3v) is 9.59. The van der Waals surface area contributed by atoms with Gasteiger partial charge in [-0.25, -0.2) is 18.4 Å². The van der Waals surface area contributed by atoms with Crippen LogP contribution < -0.4 is 9.47 Å². The Bertz CT molecular complexity index is 1530. The van der Waals surface area contributed by atoms with E-state index in [-0.39, 0.29) is 23.2 Å². The first kappa shape index (κ1) is 36.0. The van der Waals surface area contributed by atoms with Crippen LogP contribution in [0.15, 0.2) is 72.8 Å². The molecule has 0 spiro atoms. The fraction of sp³-hybridized carbons (Fsp3) is 0.421. The van der Waals surface area contributed by atoms with Gasteiger partial charge in [-0.3, -0.25) is 0 Å². The van der Waals surface area contributed by atoms with E-state index in [0.717, 1.165) is 101 Å². The van der Waals surface area contributed by atoms with Crippen molar-refractivity contribution < 1.29 is 42.8 Å². The van der Waals surface area contributed by atoms with Crippen molar-refractivity contribution in [2.75, 3.05) is 52.7 Å². The molecule has 262 valence electrons. The molecular formula is C38H44F2N2O7. The third-order valence-electron chi connectivity index (χ3n) is 9.59. The first-order valence-electron chi connectivity index (χ1n) is 16.8. The van der Waals surface area contributed by atoms with E-state index in [2.05, 4.69) is 28.9 Å². The molecule has 0 amide bonds. The highest BCUT2D eigenvalue weighted by Gasteiger charge is 2.38. The number of hydrogen-bond donors (Lipinski definition) is 2. The van der Waals surface area contributed by atoms with E-state index in [0.29, 0.717) is 18.9 Å². The molecule has 3 aromatic rings. The maximum atomic E-state index is 13.6. The standard InChI is InChI=1S/C34H40F2N2O3.C4H4O4/c1-2-34(31-23-33-32(39-24-40-33)22-27(31)13-21-41-34)14-16-38-19-17-37(18-20-38)15-3-4-30(25-5-9-28(35)10-6-25)26-7-11-29(36)12-8-26;5-3(6)1-2-4(7)8/h5-12,22-23,30H,2-4,13-21,24H2,1H3;1-2H,(H,5,6)(H,7,8). The van der Waals surface area contributed by atoms with Gasteiger partial charge >= 0.3 is 11.9 Å². The van der Waals surface area contributed by atoms with Gasteiger partial charge in [0.15, 0.2) is 11.5 Å². The van der Waals surface area contributed by atoms with E-state index in [4.69, 9.17) is 24.4 Å². The molecule has 1 saturated heterocycles. The van der Waals surface area contributed by atoms with Gasteiger partial charge in [0.1, 0.15) is 11.6 Å². The van der Waals surface area contributed by atoms with E-state index in [9.17, 15) is 18.4 Å². The van der Waals surface area contributed by atoms with Crippen LogP contribution in [0, 0.1) is 11.6 Å². The van der Waals surface area contributed by atoms with Gasteiger partial charge in [0, 0.05) is 50.8 Å². The highest BCUT2D eigenvalue weighted by atomic mass is 19.1. The zero-order valence-corrected chi connectivity index (χ0v) is 27.8. The molecule has 0 saturated carbocycles. The van der Waals surface area contributed by atoms with E-state index in [1.54, 1.807) is 0 Å². The van der Waals surface area contributed by atoms with Crippen molar-refractivity contribution in [3.05, 3.63) is 107 Å². The lowest BCUT2D eigenvalue weighted by Crippen LogP contribution is -2.48. The van der Waals surface area contributed by atoms with Crippen LogP contribution in [0.2, 0.25) is 0 Å². The predicted octanol–water partition coefficient (Wildman–Crippen LogP) is 6.20. The summed E-state index contributed by atoms with van der Waals surface area (Å²) in [6, 6.07) is 17.8. The van der Waals surface area contributed by atoms with Crippen LogP contribution in [0.4, 0.5) is 8.78 Å². The Morgan fingerprint density at radius 1 is 0.837 bits per heavy atom. The summed E-state index contributed by atoms with van der Waals surface area (Å²) in [7, 11) is 0. The summed E-state index contributed by atoms with van der Waals surface area (Å²) in [5.74, 6) is -1.17. The molecule has 0 bridgehead atoms. The summed E-state index contributed by atoms with van der Waals surface area (Å²) in [5, 5.41) is 15.6. The van der Waals surface area contributed by atoms with E-state index in [1.807, 2.05) is 24.3 Å². The molecule has 6 rings (SSSR count). The predicted molar refractivity (Wildman–Crippen MR) is 180 cm³/mol. The van der Waals surface area contributed by atoms with Crippen LogP contribution in [0.3, 0.4) is 0 Å². The number of ether oxygens (including phenoxy) is 3. The van der Waals surface area contributed by atoms with Crippen molar-refractivity contribution in [2.45, 2.75) is 50.5 Å². The summed E-state index contributed by atoms with van der Waals surface area (Å²) in [4.78, 5) is 24.2. The minimum atomic E-state index is -1.26. The first-order valence-corrected chi connectivity index (χ1v) is 16.8. The number of benzene rings is 3. The van der Waals surface area contributed by atoms with Crippen molar-refractivity contribution in [3.8, 4) is 11.5 Å². The van der Waals surface area contributed by atoms with Crippen molar-refractivity contribution in [1.29, 1.82) is 0 Å². The third kappa shape index (κ3) is 9.65. The Kier molecular flexibility index (Phi) is 12.4. The monoisotopic (exact) mass is 678 g/mol. The number of rotatable bonds is 12. The summed E-state index contributed by atoms with van der Waals surface area (Å²) in [6.07, 6.45) is 5.89. The van der Waals surface area contributed by atoms with E-state index < -0.39 is 11.9 Å². The van der Waals surface area contributed by atoms with Gasteiger partial charge in [-0.1, -0.05) is 31.2 Å². The molecule has 0 radical (unpaired) electrons. The topological polar surface area (TPSA) is 109 Å². The van der Waals surface area contributed by atoms with Gasteiger partial charge in [0.05, 0.1) is 12.2 Å². The number of aliphatic carboxylic acids is 2. The highest BCUT2D eigenvalue weighted by Crippen LogP contribution is 2.45. The number of nitrogens with zero attached hydrogens (tertiary/aromatic N) is 2. The lowest BCUT2D eigenvalue weighted by Gasteiger charge is -2.41. The fourth-order valence-electron chi connectivity index (χ4n) is 6.88. The second-order valence-corrected chi connectivity index (χ2v) is 12.5. The minimum absolute atomic E-state index is 0.124. The number of carboxylic acids is 2. The summed E-state index contributed by atoms with van der Waals surface area (Å²) >= 11 is 0. The van der Waals surface area contributed by atoms with Crippen LogP contribution in [-0.2, 0) is 26.3 Å². The van der Waals surface area contributed by atoms with Crippen LogP contribution in [0.25, 0.3) is 0 Å². The maximum Gasteiger partial charge on any atom is 0.328 e. The van der Waals surface area contributed by atoms with Crippen molar-refractivity contribution >= 4 is 11.9 Å². The lowest BCUT2D eigenvalue weighted by atomic mass is 9.81. The average molecular weight is 679 g/mol. The van der Waals surface area contributed by atoms with Gasteiger partial charge in [0.25, 0.3) is 0 Å². The number of piperazine rings is 1. The van der Waals surface area contributed by atoms with Crippen molar-refractivity contribution in [3.63, 3.8) is 0 Å². The Hall–Kier alpha value is -4.32. The largest absolute Gasteiger partial charge is 0.478 e. The van der Waals surface area contributed by atoms with E-state index in [1.165, 1.54) is 35.4 Å². The molecule has 0 aliphatic carbocycles. The molecule has 3 aliphatic rings. The van der Waals surface area contributed by atoms with Crippen molar-refractivity contribution in [1.82, 2.24) is 9.80 Å². The van der Waals surface area contributed by atoms with Gasteiger partial charge in [0.2, 0.25) is 6.79 Å². The summed E-state index contributed by atoms with van der Waals surface area (Å²) in [6.45, 7) is 9.48. The minimum Gasteiger partial charge on any atom is -0.478 e. The zero-order chi connectivity index (χ0) is 34.8. The number of hydrogen-bond acceptors (Lipinski definition) is 7. The number of carboxylic acid groups (broad SMARTS) is 2. The Morgan fingerprint density at radius 2 is 1.37 bits per heavy atom. The highest BCUT2D eigenvalue weighted by molar-refractivity contribution is 5.89. The molecule has 1 fully saturated rings. The number of carbonyl (C=O) groups is 2. The lowest BCUT2D eigenvalue weighted by molar-refractivity contribution is -0.134. The quantitative estimate of drug-likeness (QED) is 0.217. The molecule has 2 N–H and O–H groups in total. The van der Waals surface area contributed by atoms with Crippen LogP contribution in [0.5, 0.6) is 11.5 Å². The number of halogens is 2. The second-order valence-electron chi connectivity index (χ2n) is 12.5. The van der Waals surface area contributed by atoms with Gasteiger partial charge in [-0.2, -0.15) is 0 Å². The van der Waals surface area contributed by atoms with Gasteiger partial charge in [-0.15, -0.1) is 0 Å². The molecule has 3 aliphatic heterocycles. The zero-order valence-electron chi connectivity index (χ0n) is 27.8. The molecule has 0 aromatic heterocycles. The van der Waals surface area contributed by atoms with Gasteiger partial charge in [-0.05, 0) is 97.3 Å². The molecule has 49 heavy (non-hydrogen) atoms. The van der Waals surface area contributed by atoms with Crippen LogP contribution >= 0.6 is 0 Å². The van der Waals surface area contributed by atoms with Crippen LogP contribution in [-0.4, -0.2) is 84.6 Å². The number of fused-ring (bicyclic) bond motifs is 2. The molecule has 1 atom stereocenters. The van der Waals surface area contributed by atoms with Crippen molar-refractivity contribution in [2.24, 2.45) is 0 Å². The summed E-state index contributed by atoms with van der Waals surface area (Å²) < 4.78 is 45.0. The molecule has 3 heterocycles. The Balaban J connectivity index is 0.000000523. The SMILES string of the molecule is CCC1(CCN2CCN(CCCC(c3ccc(F)cc3)c3ccc(F)cc3)CC2)OCCc2cc3c(cc21)OCO3.O=C(O)C=CC(=O)O. The molecule has 11 heteroatoms. The fourth-order valence-corrected chi connectivity index (χ4v) is 6.88. The van der Waals surface area contributed by atoms with Crippen LogP contribution in [0.1, 0.15) is 60.8 Å². The normalized spacial score (nSPS) is 19.0. The molecular weight excluding hydrogens is 634 g/mol.